The van der Waals surface area contributed by atoms with E-state index in [1.807, 2.05) is 0 Å². The van der Waals surface area contributed by atoms with Gasteiger partial charge < -0.3 is 14.9 Å². The molecule has 3 atom stereocenters. The second-order valence-electron chi connectivity index (χ2n) is 3.23. The van der Waals surface area contributed by atoms with Crippen molar-refractivity contribution in [1.29, 1.82) is 0 Å². The van der Waals surface area contributed by atoms with Crippen molar-refractivity contribution in [2.75, 3.05) is 20.3 Å². The molecular weight excluding hydrogens is 174 g/mol. The maximum atomic E-state index is 11.2. The van der Waals surface area contributed by atoms with Gasteiger partial charge >= 0.3 is 5.97 Å². The summed E-state index contributed by atoms with van der Waals surface area (Å²) < 4.78 is 4.56. The number of hydrogen-bond acceptors (Lipinski definition) is 5. The van der Waals surface area contributed by atoms with Crippen LogP contribution in [0.15, 0.2) is 0 Å². The van der Waals surface area contributed by atoms with Gasteiger partial charge in [0.2, 0.25) is 0 Å². The lowest BCUT2D eigenvalue weighted by Gasteiger charge is -2.14. The second-order valence-corrected chi connectivity index (χ2v) is 3.23. The van der Waals surface area contributed by atoms with Crippen molar-refractivity contribution >= 4 is 5.97 Å². The fourth-order valence-electron chi connectivity index (χ4n) is 1.65. The van der Waals surface area contributed by atoms with E-state index in [2.05, 4.69) is 10.1 Å². The lowest BCUT2D eigenvalue weighted by atomic mass is 10.0. The minimum absolute atomic E-state index is 0.0238. The first-order chi connectivity index (χ1) is 6.22. The Morgan fingerprint density at radius 3 is 2.69 bits per heavy atom. The van der Waals surface area contributed by atoms with Crippen molar-refractivity contribution in [1.82, 2.24) is 5.32 Å². The van der Waals surface area contributed by atoms with E-state index < -0.39 is 6.04 Å². The summed E-state index contributed by atoms with van der Waals surface area (Å²) in [4.78, 5) is 11.2. The van der Waals surface area contributed by atoms with E-state index in [9.17, 15) is 4.79 Å². The Labute approximate surface area is 76.7 Å². The summed E-state index contributed by atoms with van der Waals surface area (Å²) in [7, 11) is 1.31. The van der Waals surface area contributed by atoms with Crippen LogP contribution in [0, 0.1) is 5.92 Å². The number of rotatable bonds is 3. The largest absolute Gasteiger partial charge is 0.468 e. The van der Waals surface area contributed by atoms with Crippen molar-refractivity contribution in [2.45, 2.75) is 18.5 Å². The van der Waals surface area contributed by atoms with Crippen molar-refractivity contribution in [3.05, 3.63) is 0 Å². The molecule has 0 bridgehead atoms. The predicted octanol–water partition coefficient (Wildman–Crippen LogP) is -1.51. The van der Waals surface area contributed by atoms with E-state index in [0.717, 1.165) is 0 Å². The molecular formula is C8H15NO4. The molecule has 3 N–H and O–H groups in total. The molecule has 0 aromatic heterocycles. The summed E-state index contributed by atoms with van der Waals surface area (Å²) in [6.07, 6.45) is 0.604. The number of ether oxygens (including phenoxy) is 1. The van der Waals surface area contributed by atoms with Gasteiger partial charge in [-0.1, -0.05) is 0 Å². The summed E-state index contributed by atoms with van der Waals surface area (Å²) in [5.74, 6) is -0.528. The fourth-order valence-corrected chi connectivity index (χ4v) is 1.65. The minimum atomic E-state index is -0.479. The number of carbonyl (C=O) groups excluding carboxylic acids is 1. The Bertz CT molecular complexity index is 185. The van der Waals surface area contributed by atoms with Crippen LogP contribution in [0.4, 0.5) is 0 Å². The van der Waals surface area contributed by atoms with E-state index in [1.165, 1.54) is 7.11 Å². The van der Waals surface area contributed by atoms with Gasteiger partial charge in [-0.2, -0.15) is 0 Å². The third kappa shape index (κ3) is 2.18. The van der Waals surface area contributed by atoms with Crippen molar-refractivity contribution in [2.24, 2.45) is 5.92 Å². The van der Waals surface area contributed by atoms with Crippen LogP contribution in [0.2, 0.25) is 0 Å². The Morgan fingerprint density at radius 2 is 2.23 bits per heavy atom. The highest BCUT2D eigenvalue weighted by molar-refractivity contribution is 5.76. The molecule has 1 rings (SSSR count). The standard InChI is InChI=1S/C8H15NO4/c1-13-8(12)7-5(3-10)2-6(4-11)9-7/h5-7,9-11H,2-4H2,1H3/t5-,6+,7+/m0/s1. The zero-order chi connectivity index (χ0) is 9.84. The van der Waals surface area contributed by atoms with Gasteiger partial charge in [-0.05, 0) is 6.42 Å². The first-order valence-electron chi connectivity index (χ1n) is 4.28. The van der Waals surface area contributed by atoms with Crippen molar-refractivity contribution < 1.29 is 19.7 Å². The first kappa shape index (κ1) is 10.4. The molecule has 0 aromatic carbocycles. The zero-order valence-electron chi connectivity index (χ0n) is 7.56. The summed E-state index contributed by atoms with van der Waals surface area (Å²) in [5, 5.41) is 20.7. The number of methoxy groups -OCH3 is 1. The monoisotopic (exact) mass is 189 g/mol. The highest BCUT2D eigenvalue weighted by Gasteiger charge is 2.37. The third-order valence-electron chi connectivity index (χ3n) is 2.38. The Hall–Kier alpha value is -0.650. The predicted molar refractivity (Wildman–Crippen MR) is 45.0 cm³/mol. The Balaban J connectivity index is 2.57. The highest BCUT2D eigenvalue weighted by atomic mass is 16.5. The maximum absolute atomic E-state index is 11.2. The van der Waals surface area contributed by atoms with E-state index in [-0.39, 0.29) is 31.1 Å². The van der Waals surface area contributed by atoms with Crippen LogP contribution < -0.4 is 5.32 Å². The van der Waals surface area contributed by atoms with E-state index in [4.69, 9.17) is 10.2 Å². The summed E-state index contributed by atoms with van der Waals surface area (Å²) in [6, 6.07) is -0.589. The van der Waals surface area contributed by atoms with Gasteiger partial charge in [0.1, 0.15) is 6.04 Å². The van der Waals surface area contributed by atoms with Crippen LogP contribution in [0.1, 0.15) is 6.42 Å². The smallest absolute Gasteiger partial charge is 0.323 e. The highest BCUT2D eigenvalue weighted by Crippen LogP contribution is 2.20. The normalized spacial score (nSPS) is 33.3. The number of esters is 1. The number of nitrogens with one attached hydrogen (secondary N) is 1. The first-order valence-corrected chi connectivity index (χ1v) is 4.28. The SMILES string of the molecule is COC(=O)[C@@H]1N[C@@H](CO)C[C@H]1CO. The fraction of sp³-hybridized carbons (Fsp3) is 0.875. The van der Waals surface area contributed by atoms with E-state index >= 15 is 0 Å². The quantitative estimate of drug-likeness (QED) is 0.470. The van der Waals surface area contributed by atoms with Crippen LogP contribution in [0.5, 0.6) is 0 Å². The summed E-state index contributed by atoms with van der Waals surface area (Å²) in [5.41, 5.74) is 0. The Kier molecular flexibility index (Phi) is 3.65. The molecule has 1 heterocycles. The molecule has 0 unspecified atom stereocenters. The van der Waals surface area contributed by atoms with E-state index in [1.54, 1.807) is 0 Å². The molecule has 5 heteroatoms. The van der Waals surface area contributed by atoms with Crippen molar-refractivity contribution in [3.8, 4) is 0 Å². The molecule has 0 saturated carbocycles. The van der Waals surface area contributed by atoms with Crippen LogP contribution in [0.3, 0.4) is 0 Å². The van der Waals surface area contributed by atoms with Crippen molar-refractivity contribution in [3.63, 3.8) is 0 Å². The lowest BCUT2D eigenvalue weighted by molar-refractivity contribution is -0.144. The molecule has 0 amide bonds. The third-order valence-corrected chi connectivity index (χ3v) is 2.38. The molecule has 0 spiro atoms. The molecule has 1 aliphatic heterocycles. The van der Waals surface area contributed by atoms with Gasteiger partial charge in [0.25, 0.3) is 0 Å². The van der Waals surface area contributed by atoms with Gasteiger partial charge in [-0.15, -0.1) is 0 Å². The minimum Gasteiger partial charge on any atom is -0.468 e. The lowest BCUT2D eigenvalue weighted by Crippen LogP contribution is -2.40. The van der Waals surface area contributed by atoms with Gasteiger partial charge in [0, 0.05) is 18.6 Å². The van der Waals surface area contributed by atoms with Crippen LogP contribution in [0.25, 0.3) is 0 Å². The summed E-state index contributed by atoms with van der Waals surface area (Å²) in [6.45, 7) is -0.0900. The molecule has 0 aliphatic carbocycles. The zero-order valence-corrected chi connectivity index (χ0v) is 7.56. The molecule has 76 valence electrons. The molecule has 5 nitrogen and oxygen atoms in total. The number of aliphatic hydroxyl groups is 2. The molecule has 0 radical (unpaired) electrons. The average Bonchev–Trinajstić information content (AvgIpc) is 2.59. The summed E-state index contributed by atoms with van der Waals surface area (Å²) >= 11 is 0. The van der Waals surface area contributed by atoms with Gasteiger partial charge in [-0.25, -0.2) is 0 Å². The molecule has 1 saturated heterocycles. The average molecular weight is 189 g/mol. The second kappa shape index (κ2) is 4.55. The molecule has 1 fully saturated rings. The molecule has 0 aromatic rings. The van der Waals surface area contributed by atoms with E-state index in [0.29, 0.717) is 6.42 Å². The topological polar surface area (TPSA) is 78.8 Å². The van der Waals surface area contributed by atoms with Crippen LogP contribution in [-0.4, -0.2) is 48.6 Å². The Morgan fingerprint density at radius 1 is 1.54 bits per heavy atom. The maximum Gasteiger partial charge on any atom is 0.323 e. The molecule has 1 aliphatic rings. The van der Waals surface area contributed by atoms with Gasteiger partial charge in [0.15, 0.2) is 0 Å². The van der Waals surface area contributed by atoms with Crippen LogP contribution >= 0.6 is 0 Å². The van der Waals surface area contributed by atoms with Gasteiger partial charge in [0.05, 0.1) is 13.7 Å². The number of carbonyl (C=O) groups is 1. The number of hydrogen-bond donors (Lipinski definition) is 3. The van der Waals surface area contributed by atoms with Gasteiger partial charge in [-0.3, -0.25) is 10.1 Å². The van der Waals surface area contributed by atoms with Crippen LogP contribution in [-0.2, 0) is 9.53 Å². The number of aliphatic hydroxyl groups excluding tert-OH is 2. The molecule has 13 heavy (non-hydrogen) atoms.